The lowest BCUT2D eigenvalue weighted by Crippen LogP contribution is -2.52. The molecule has 180 valence electrons. The average molecular weight is 477 g/mol. The normalized spacial score (nSPS) is 20.0. The van der Waals surface area contributed by atoms with Crippen molar-refractivity contribution < 1.29 is 18.0 Å². The number of fused-ring (bicyclic) bond motifs is 1. The Kier molecular flexibility index (Phi) is 7.28. The van der Waals surface area contributed by atoms with Crippen molar-refractivity contribution >= 4 is 32.9 Å². The fraction of sp³-hybridized carbons (Fsp3) is 0.636. The van der Waals surface area contributed by atoms with Gasteiger partial charge < -0.3 is 10.2 Å². The predicted octanol–water partition coefficient (Wildman–Crippen LogP) is 1.51. The van der Waals surface area contributed by atoms with Crippen molar-refractivity contribution in [1.82, 2.24) is 29.5 Å². The molecule has 1 unspecified atom stereocenters. The van der Waals surface area contributed by atoms with Gasteiger partial charge in [-0.2, -0.15) is 4.31 Å². The highest BCUT2D eigenvalue weighted by Gasteiger charge is 2.37. The number of nitrogens with zero attached hydrogens (tertiary/aromatic N) is 5. The maximum absolute atomic E-state index is 13.5. The van der Waals surface area contributed by atoms with Gasteiger partial charge in [-0.15, -0.1) is 5.10 Å². The quantitative estimate of drug-likeness (QED) is 0.548. The first-order chi connectivity index (χ1) is 15.9. The molecule has 0 saturated carbocycles. The summed E-state index contributed by atoms with van der Waals surface area (Å²) in [5.41, 5.74) is 1.32. The Morgan fingerprint density at radius 1 is 1.18 bits per heavy atom. The van der Waals surface area contributed by atoms with Crippen LogP contribution >= 0.6 is 0 Å². The molecule has 11 heteroatoms. The number of carbonyl (C=O) groups excluding carboxylic acids is 2. The van der Waals surface area contributed by atoms with Crippen molar-refractivity contribution in [2.24, 2.45) is 0 Å². The monoisotopic (exact) mass is 476 g/mol. The summed E-state index contributed by atoms with van der Waals surface area (Å²) in [7, 11) is -3.86. The molecule has 0 bridgehead atoms. The highest BCUT2D eigenvalue weighted by molar-refractivity contribution is 7.89. The third-order valence-corrected chi connectivity index (χ3v) is 8.26. The third kappa shape index (κ3) is 5.03. The minimum absolute atomic E-state index is 0.130. The molecule has 4 rings (SSSR count). The zero-order chi connectivity index (χ0) is 23.4. The molecule has 2 fully saturated rings. The second-order valence-corrected chi connectivity index (χ2v) is 10.6. The van der Waals surface area contributed by atoms with Crippen molar-refractivity contribution in [3.05, 3.63) is 18.2 Å². The number of sulfonamides is 1. The van der Waals surface area contributed by atoms with Crippen LogP contribution in [0.3, 0.4) is 0 Å². The Morgan fingerprint density at radius 2 is 2.03 bits per heavy atom. The summed E-state index contributed by atoms with van der Waals surface area (Å²) in [5.74, 6) is -0.112. The summed E-state index contributed by atoms with van der Waals surface area (Å²) in [6.45, 7) is 4.87. The molecule has 33 heavy (non-hydrogen) atoms. The van der Waals surface area contributed by atoms with Crippen molar-refractivity contribution in [2.75, 3.05) is 26.2 Å². The fourth-order valence-electron chi connectivity index (χ4n) is 4.62. The molecular weight excluding hydrogens is 444 g/mol. The van der Waals surface area contributed by atoms with Gasteiger partial charge in [-0.1, -0.05) is 18.6 Å². The van der Waals surface area contributed by atoms with Crippen LogP contribution in [0.5, 0.6) is 0 Å². The van der Waals surface area contributed by atoms with Crippen LogP contribution in [-0.4, -0.2) is 76.7 Å². The van der Waals surface area contributed by atoms with Crippen LogP contribution in [0.15, 0.2) is 23.1 Å². The number of benzene rings is 1. The van der Waals surface area contributed by atoms with Gasteiger partial charge in [-0.25, -0.2) is 13.1 Å². The van der Waals surface area contributed by atoms with Gasteiger partial charge in [0.1, 0.15) is 11.6 Å². The lowest BCUT2D eigenvalue weighted by Gasteiger charge is -2.33. The lowest BCUT2D eigenvalue weighted by molar-refractivity contribution is -0.127. The average Bonchev–Trinajstić information content (AvgIpc) is 3.42. The summed E-state index contributed by atoms with van der Waals surface area (Å²) in [4.78, 5) is 26.6. The third-order valence-electron chi connectivity index (χ3n) is 6.36. The minimum atomic E-state index is -3.86. The molecule has 10 nitrogen and oxygen atoms in total. The molecule has 2 aromatic rings. The number of piperidine rings is 1. The van der Waals surface area contributed by atoms with Gasteiger partial charge in [0.05, 0.1) is 10.4 Å². The number of carbonyl (C=O) groups is 2. The molecule has 2 saturated heterocycles. The molecule has 2 aliphatic rings. The molecule has 1 aromatic heterocycles. The van der Waals surface area contributed by atoms with Gasteiger partial charge in [-0.3, -0.25) is 9.59 Å². The van der Waals surface area contributed by atoms with E-state index in [4.69, 9.17) is 0 Å². The van der Waals surface area contributed by atoms with Crippen molar-refractivity contribution in [3.63, 3.8) is 0 Å². The second kappa shape index (κ2) is 10.2. The maximum atomic E-state index is 13.5. The highest BCUT2D eigenvalue weighted by atomic mass is 32.2. The molecule has 1 N–H and O–H groups in total. The Balaban J connectivity index is 1.43. The van der Waals surface area contributed by atoms with E-state index in [1.807, 2.05) is 11.8 Å². The molecule has 3 heterocycles. The maximum Gasteiger partial charge on any atom is 0.243 e. The lowest BCUT2D eigenvalue weighted by atomic mass is 10.0. The zero-order valence-corrected chi connectivity index (χ0v) is 19.9. The molecule has 0 aliphatic carbocycles. The van der Waals surface area contributed by atoms with Gasteiger partial charge in [0.15, 0.2) is 0 Å². The first-order valence-electron chi connectivity index (χ1n) is 11.8. The van der Waals surface area contributed by atoms with Crippen LogP contribution in [0.1, 0.15) is 51.9 Å². The van der Waals surface area contributed by atoms with Crippen molar-refractivity contribution in [1.29, 1.82) is 0 Å². The van der Waals surface area contributed by atoms with Crippen LogP contribution in [0.25, 0.3) is 11.0 Å². The van der Waals surface area contributed by atoms with Crippen LogP contribution in [0.2, 0.25) is 0 Å². The van der Waals surface area contributed by atoms with E-state index in [1.165, 1.54) is 4.31 Å². The Labute approximate surface area is 194 Å². The van der Waals surface area contributed by atoms with E-state index >= 15 is 0 Å². The van der Waals surface area contributed by atoms with Crippen LogP contribution in [0, 0.1) is 0 Å². The van der Waals surface area contributed by atoms with Gasteiger partial charge in [0.2, 0.25) is 21.8 Å². The van der Waals surface area contributed by atoms with Gasteiger partial charge >= 0.3 is 0 Å². The van der Waals surface area contributed by atoms with Crippen LogP contribution < -0.4 is 5.32 Å². The van der Waals surface area contributed by atoms with Crippen LogP contribution in [-0.2, 0) is 26.2 Å². The first kappa shape index (κ1) is 23.6. The van der Waals surface area contributed by atoms with Crippen molar-refractivity contribution in [3.8, 4) is 0 Å². The summed E-state index contributed by atoms with van der Waals surface area (Å²) >= 11 is 0. The molecule has 1 aromatic carbocycles. The largest absolute Gasteiger partial charge is 0.355 e. The predicted molar refractivity (Wildman–Crippen MR) is 123 cm³/mol. The number of nitrogens with one attached hydrogen (secondary N) is 1. The Bertz CT molecular complexity index is 1120. The van der Waals surface area contributed by atoms with E-state index in [1.54, 1.807) is 22.9 Å². The highest BCUT2D eigenvalue weighted by Crippen LogP contribution is 2.27. The Hall–Kier alpha value is -2.53. The molecule has 0 spiro atoms. The van der Waals surface area contributed by atoms with Gasteiger partial charge in [0.25, 0.3) is 0 Å². The number of aromatic nitrogens is 3. The number of aryl methyl sites for hydroxylation is 1. The van der Waals surface area contributed by atoms with Crippen molar-refractivity contribution in [2.45, 2.75) is 69.4 Å². The molecule has 2 aliphatic heterocycles. The zero-order valence-electron chi connectivity index (χ0n) is 19.1. The van der Waals surface area contributed by atoms with E-state index in [0.29, 0.717) is 51.0 Å². The fourth-order valence-corrected chi connectivity index (χ4v) is 6.30. The van der Waals surface area contributed by atoms with Crippen LogP contribution in [0.4, 0.5) is 0 Å². The molecule has 0 radical (unpaired) electrons. The van der Waals surface area contributed by atoms with E-state index in [-0.39, 0.29) is 16.7 Å². The van der Waals surface area contributed by atoms with E-state index < -0.39 is 16.1 Å². The SMILES string of the molecule is CCCn1nnc2cc(S(=O)(=O)N3CCCCC3C(=O)NCCCN3CCCC3=O)ccc21. The smallest absolute Gasteiger partial charge is 0.243 e. The number of hydrogen-bond acceptors (Lipinski definition) is 6. The number of hydrogen-bond donors (Lipinski definition) is 1. The number of amides is 2. The first-order valence-corrected chi connectivity index (χ1v) is 13.3. The van der Waals surface area contributed by atoms with E-state index in [9.17, 15) is 18.0 Å². The van der Waals surface area contributed by atoms with E-state index in [0.717, 1.165) is 37.7 Å². The van der Waals surface area contributed by atoms with E-state index in [2.05, 4.69) is 15.6 Å². The number of likely N-dealkylation sites (tertiary alicyclic amines) is 1. The molecule has 1 atom stereocenters. The van der Waals surface area contributed by atoms with Gasteiger partial charge in [0, 0.05) is 39.1 Å². The number of rotatable bonds is 9. The van der Waals surface area contributed by atoms with Gasteiger partial charge in [-0.05, 0) is 50.3 Å². The standard InChI is InChI=1S/C22H32N6O4S/c1-2-12-27-19-10-9-17(16-18(19)24-25-27)33(31,32)28-15-4-3-7-20(28)22(30)23-11-6-14-26-13-5-8-21(26)29/h9-10,16,20H,2-8,11-15H2,1H3,(H,23,30). The molecule has 2 amide bonds. The minimum Gasteiger partial charge on any atom is -0.355 e. The molecular formula is C22H32N6O4S. The topological polar surface area (TPSA) is 118 Å². The summed E-state index contributed by atoms with van der Waals surface area (Å²) < 4.78 is 30.0. The summed E-state index contributed by atoms with van der Waals surface area (Å²) in [5, 5.41) is 11.1. The Morgan fingerprint density at radius 3 is 2.79 bits per heavy atom. The second-order valence-electron chi connectivity index (χ2n) is 8.72. The summed E-state index contributed by atoms with van der Waals surface area (Å²) in [6.07, 6.45) is 5.05. The summed E-state index contributed by atoms with van der Waals surface area (Å²) in [6, 6.07) is 4.12.